The largest absolute Gasteiger partial charge is 0.480 e. The van der Waals surface area contributed by atoms with E-state index in [4.69, 9.17) is 5.11 Å². The lowest BCUT2D eigenvalue weighted by atomic mass is 10.2. The Morgan fingerprint density at radius 3 is 2.54 bits per heavy atom. The zero-order valence-electron chi connectivity index (χ0n) is 7.54. The van der Waals surface area contributed by atoms with Gasteiger partial charge in [-0.2, -0.15) is 0 Å². The summed E-state index contributed by atoms with van der Waals surface area (Å²) in [6.45, 7) is 1.72. The quantitative estimate of drug-likeness (QED) is 0.591. The smallest absolute Gasteiger partial charge is 0.326 e. The number of carbonyl (C=O) groups excluding carboxylic acids is 1. The second-order valence-electron chi connectivity index (χ2n) is 3.19. The molecule has 0 aliphatic heterocycles. The van der Waals surface area contributed by atoms with Gasteiger partial charge < -0.3 is 15.7 Å². The summed E-state index contributed by atoms with van der Waals surface area (Å²) in [6.07, 6.45) is 2.39. The fraction of sp³-hybridized carbons (Fsp3) is 0.750. The predicted molar refractivity (Wildman–Crippen MR) is 46.4 cm³/mol. The lowest BCUT2D eigenvalue weighted by molar-refractivity contribution is -0.139. The Kier molecular flexibility index (Phi) is 3.11. The predicted octanol–water partition coefficient (Wildman–Crippen LogP) is 0.311. The highest BCUT2D eigenvalue weighted by molar-refractivity contribution is 5.82. The van der Waals surface area contributed by atoms with Crippen molar-refractivity contribution in [2.45, 2.75) is 38.3 Å². The number of nitrogens with one attached hydrogen (secondary N) is 2. The number of hydrogen-bond acceptors (Lipinski definition) is 2. The van der Waals surface area contributed by atoms with E-state index in [0.29, 0.717) is 6.42 Å². The van der Waals surface area contributed by atoms with Gasteiger partial charge in [-0.05, 0) is 19.3 Å². The van der Waals surface area contributed by atoms with Crippen molar-refractivity contribution in [1.29, 1.82) is 0 Å². The van der Waals surface area contributed by atoms with Crippen LogP contribution in [0.4, 0.5) is 4.79 Å². The molecule has 0 saturated heterocycles. The van der Waals surface area contributed by atoms with Gasteiger partial charge in [0.2, 0.25) is 0 Å². The molecule has 1 atom stereocenters. The Morgan fingerprint density at radius 1 is 1.54 bits per heavy atom. The van der Waals surface area contributed by atoms with Gasteiger partial charge in [-0.15, -0.1) is 0 Å². The van der Waals surface area contributed by atoms with Crippen molar-refractivity contribution in [3.63, 3.8) is 0 Å². The molecule has 1 saturated carbocycles. The standard InChI is InChI=1S/C8H14N2O3/c1-2-6(7(11)12)10-8(13)9-5-3-4-5/h5-6H,2-4H2,1H3,(H,11,12)(H2,9,10,13)/t6-/m1/s1. The van der Waals surface area contributed by atoms with Crippen LogP contribution < -0.4 is 10.6 Å². The van der Waals surface area contributed by atoms with Crippen LogP contribution in [-0.4, -0.2) is 29.2 Å². The number of carbonyl (C=O) groups is 2. The molecule has 0 aromatic rings. The molecule has 0 aromatic carbocycles. The second-order valence-corrected chi connectivity index (χ2v) is 3.19. The number of carboxylic acid groups (broad SMARTS) is 1. The van der Waals surface area contributed by atoms with Crippen LogP contribution in [-0.2, 0) is 4.79 Å². The van der Waals surface area contributed by atoms with Gasteiger partial charge in [0.25, 0.3) is 0 Å². The molecule has 1 aliphatic rings. The van der Waals surface area contributed by atoms with Crippen molar-refractivity contribution in [2.75, 3.05) is 0 Å². The third-order valence-corrected chi connectivity index (χ3v) is 1.92. The maximum Gasteiger partial charge on any atom is 0.326 e. The Morgan fingerprint density at radius 2 is 2.15 bits per heavy atom. The number of amides is 2. The zero-order valence-corrected chi connectivity index (χ0v) is 7.54. The SMILES string of the molecule is CC[C@@H](NC(=O)NC1CC1)C(=O)O. The first-order valence-corrected chi connectivity index (χ1v) is 4.43. The van der Waals surface area contributed by atoms with Gasteiger partial charge in [0.15, 0.2) is 0 Å². The number of urea groups is 1. The van der Waals surface area contributed by atoms with Crippen molar-refractivity contribution < 1.29 is 14.7 Å². The highest BCUT2D eigenvalue weighted by Crippen LogP contribution is 2.18. The maximum atomic E-state index is 11.1. The summed E-state index contributed by atoms with van der Waals surface area (Å²) in [4.78, 5) is 21.6. The molecule has 0 aromatic heterocycles. The van der Waals surface area contributed by atoms with Crippen LogP contribution in [0.5, 0.6) is 0 Å². The van der Waals surface area contributed by atoms with Crippen molar-refractivity contribution in [3.05, 3.63) is 0 Å². The van der Waals surface area contributed by atoms with Crippen LogP contribution in [0.3, 0.4) is 0 Å². The summed E-state index contributed by atoms with van der Waals surface area (Å²) in [6, 6.07) is -0.901. The van der Waals surface area contributed by atoms with Gasteiger partial charge in [-0.3, -0.25) is 0 Å². The molecule has 1 aliphatic carbocycles. The van der Waals surface area contributed by atoms with Gasteiger partial charge in [0, 0.05) is 6.04 Å². The fourth-order valence-electron chi connectivity index (χ4n) is 0.951. The number of hydrogen-bond donors (Lipinski definition) is 3. The first-order valence-electron chi connectivity index (χ1n) is 4.43. The molecule has 5 nitrogen and oxygen atoms in total. The summed E-state index contributed by atoms with van der Waals surface area (Å²) < 4.78 is 0. The molecule has 0 radical (unpaired) electrons. The van der Waals surface area contributed by atoms with E-state index in [2.05, 4.69) is 10.6 Å². The number of aliphatic carboxylic acids is 1. The Hall–Kier alpha value is -1.26. The first kappa shape index (κ1) is 9.83. The molecule has 0 spiro atoms. The molecule has 1 rings (SSSR count). The summed E-state index contributed by atoms with van der Waals surface area (Å²) in [5, 5.41) is 13.7. The van der Waals surface area contributed by atoms with Crippen LogP contribution in [0, 0.1) is 0 Å². The zero-order chi connectivity index (χ0) is 9.84. The third-order valence-electron chi connectivity index (χ3n) is 1.92. The molecule has 5 heteroatoms. The second kappa shape index (κ2) is 4.11. The lowest BCUT2D eigenvalue weighted by Crippen LogP contribution is -2.46. The summed E-state index contributed by atoms with van der Waals surface area (Å²) >= 11 is 0. The van der Waals surface area contributed by atoms with E-state index in [9.17, 15) is 9.59 Å². The molecule has 2 amide bonds. The summed E-state index contributed by atoms with van der Waals surface area (Å²) in [5.74, 6) is -0.992. The van der Waals surface area contributed by atoms with Crippen LogP contribution >= 0.6 is 0 Å². The molecule has 0 bridgehead atoms. The minimum Gasteiger partial charge on any atom is -0.480 e. The summed E-state index contributed by atoms with van der Waals surface area (Å²) in [7, 11) is 0. The normalized spacial score (nSPS) is 17.6. The highest BCUT2D eigenvalue weighted by Gasteiger charge is 2.25. The molecule has 0 heterocycles. The minimum atomic E-state index is -0.992. The van der Waals surface area contributed by atoms with E-state index in [1.165, 1.54) is 0 Å². The van der Waals surface area contributed by atoms with Crippen LogP contribution in [0.1, 0.15) is 26.2 Å². The van der Waals surface area contributed by atoms with E-state index in [0.717, 1.165) is 12.8 Å². The Bertz CT molecular complexity index is 213. The molecule has 13 heavy (non-hydrogen) atoms. The average molecular weight is 186 g/mol. The van der Waals surface area contributed by atoms with Gasteiger partial charge in [0.1, 0.15) is 6.04 Å². The Balaban J connectivity index is 2.26. The molecule has 74 valence electrons. The first-order chi connectivity index (χ1) is 6.13. The lowest BCUT2D eigenvalue weighted by Gasteiger charge is -2.12. The molecular weight excluding hydrogens is 172 g/mol. The monoisotopic (exact) mass is 186 g/mol. The van der Waals surface area contributed by atoms with Crippen LogP contribution in [0.2, 0.25) is 0 Å². The van der Waals surface area contributed by atoms with Gasteiger partial charge in [0.05, 0.1) is 0 Å². The van der Waals surface area contributed by atoms with Crippen molar-refractivity contribution in [2.24, 2.45) is 0 Å². The Labute approximate surface area is 76.5 Å². The van der Waals surface area contributed by atoms with Crippen molar-refractivity contribution >= 4 is 12.0 Å². The fourth-order valence-corrected chi connectivity index (χ4v) is 0.951. The highest BCUT2D eigenvalue weighted by atomic mass is 16.4. The number of rotatable bonds is 4. The van der Waals surface area contributed by atoms with Gasteiger partial charge >= 0.3 is 12.0 Å². The molecule has 1 fully saturated rings. The van der Waals surface area contributed by atoms with E-state index in [1.54, 1.807) is 6.92 Å². The van der Waals surface area contributed by atoms with E-state index in [1.807, 2.05) is 0 Å². The number of carboxylic acids is 1. The third kappa shape index (κ3) is 3.31. The van der Waals surface area contributed by atoms with Gasteiger partial charge in [-0.1, -0.05) is 6.92 Å². The van der Waals surface area contributed by atoms with Crippen molar-refractivity contribution in [3.8, 4) is 0 Å². The maximum absolute atomic E-state index is 11.1. The van der Waals surface area contributed by atoms with E-state index < -0.39 is 12.0 Å². The van der Waals surface area contributed by atoms with Crippen LogP contribution in [0.25, 0.3) is 0 Å². The minimum absolute atomic E-state index is 0.256. The van der Waals surface area contributed by atoms with Crippen LogP contribution in [0.15, 0.2) is 0 Å². The average Bonchev–Trinajstić information content (AvgIpc) is 2.83. The van der Waals surface area contributed by atoms with Crippen molar-refractivity contribution in [1.82, 2.24) is 10.6 Å². The molecule has 0 unspecified atom stereocenters. The van der Waals surface area contributed by atoms with Gasteiger partial charge in [-0.25, -0.2) is 9.59 Å². The molecular formula is C8H14N2O3. The topological polar surface area (TPSA) is 78.4 Å². The van der Waals surface area contributed by atoms with E-state index in [-0.39, 0.29) is 12.1 Å². The van der Waals surface area contributed by atoms with E-state index >= 15 is 0 Å². The summed E-state index contributed by atoms with van der Waals surface area (Å²) in [5.41, 5.74) is 0. The molecule has 3 N–H and O–H groups in total.